The van der Waals surface area contributed by atoms with Gasteiger partial charge in [0, 0.05) is 0 Å². The van der Waals surface area contributed by atoms with Crippen LogP contribution in [0.25, 0.3) is 0 Å². The predicted octanol–water partition coefficient (Wildman–Crippen LogP) is 3.23. The Morgan fingerprint density at radius 2 is 2.11 bits per heavy atom. The third-order valence-corrected chi connectivity index (χ3v) is 2.47. The Kier molecular flexibility index (Phi) is 4.31. The number of carbonyl (C=O) groups excluding carboxylic acids is 1. The number of hydrogen-bond donors (Lipinski definition) is 0. The zero-order chi connectivity index (χ0) is 13.9. The highest BCUT2D eigenvalue weighted by Gasteiger charge is 2.19. The first-order valence-electron chi connectivity index (χ1n) is 5.33. The largest absolute Gasteiger partial charge is 0.460 e. The number of halogens is 2. The Balaban J connectivity index is 2.94. The van der Waals surface area contributed by atoms with Crippen molar-refractivity contribution in [3.8, 4) is 6.07 Å². The van der Waals surface area contributed by atoms with Crippen molar-refractivity contribution in [3.05, 3.63) is 34.1 Å². The van der Waals surface area contributed by atoms with Crippen molar-refractivity contribution in [2.45, 2.75) is 32.8 Å². The van der Waals surface area contributed by atoms with E-state index in [1.54, 1.807) is 26.8 Å². The maximum atomic E-state index is 13.2. The normalized spacial score (nSPS) is 10.9. The molecule has 0 saturated heterocycles. The van der Waals surface area contributed by atoms with Gasteiger partial charge in [-0.25, -0.2) is 4.39 Å². The molecule has 1 aromatic rings. The standard InChI is InChI=1S/C13H13ClFNO2/c1-13(2,3)18-11(17)6-8-4-5-10(15)9(7-16)12(8)14/h4-5H,6H2,1-3H3. The highest BCUT2D eigenvalue weighted by Crippen LogP contribution is 2.24. The van der Waals surface area contributed by atoms with Crippen molar-refractivity contribution < 1.29 is 13.9 Å². The smallest absolute Gasteiger partial charge is 0.310 e. The SMILES string of the molecule is CC(C)(C)OC(=O)Cc1ccc(F)c(C#N)c1Cl. The van der Waals surface area contributed by atoms with Crippen molar-refractivity contribution in [2.75, 3.05) is 0 Å². The van der Waals surface area contributed by atoms with Gasteiger partial charge < -0.3 is 4.74 Å². The molecule has 1 aromatic carbocycles. The summed E-state index contributed by atoms with van der Waals surface area (Å²) < 4.78 is 18.3. The van der Waals surface area contributed by atoms with Crippen LogP contribution in [0.5, 0.6) is 0 Å². The quantitative estimate of drug-likeness (QED) is 0.775. The minimum Gasteiger partial charge on any atom is -0.460 e. The fourth-order valence-corrected chi connectivity index (χ4v) is 1.63. The fraction of sp³-hybridized carbons (Fsp3) is 0.385. The average molecular weight is 270 g/mol. The van der Waals surface area contributed by atoms with Gasteiger partial charge in [0.15, 0.2) is 0 Å². The third-order valence-electron chi connectivity index (χ3n) is 2.04. The number of esters is 1. The highest BCUT2D eigenvalue weighted by atomic mass is 35.5. The number of nitriles is 1. The first-order chi connectivity index (χ1) is 8.24. The third kappa shape index (κ3) is 3.71. The summed E-state index contributed by atoms with van der Waals surface area (Å²) in [5, 5.41) is 8.72. The lowest BCUT2D eigenvalue weighted by atomic mass is 10.1. The molecule has 0 fully saturated rings. The number of carbonyl (C=O) groups is 1. The van der Waals surface area contributed by atoms with Crippen LogP contribution in [0.1, 0.15) is 31.9 Å². The van der Waals surface area contributed by atoms with Crippen LogP contribution in [-0.4, -0.2) is 11.6 Å². The summed E-state index contributed by atoms with van der Waals surface area (Å²) in [5.41, 5.74) is -0.469. The molecule has 0 heterocycles. The monoisotopic (exact) mass is 269 g/mol. The van der Waals surface area contributed by atoms with Crippen LogP contribution in [-0.2, 0) is 16.0 Å². The molecule has 0 amide bonds. The van der Waals surface area contributed by atoms with E-state index in [1.807, 2.05) is 0 Å². The maximum Gasteiger partial charge on any atom is 0.310 e. The molecule has 0 atom stereocenters. The summed E-state index contributed by atoms with van der Waals surface area (Å²) in [6.07, 6.45) is -0.0922. The summed E-state index contributed by atoms with van der Waals surface area (Å²) in [6, 6.07) is 4.16. The molecule has 0 aromatic heterocycles. The molecule has 0 radical (unpaired) electrons. The summed E-state index contributed by atoms with van der Waals surface area (Å²) in [5.74, 6) is -1.17. The number of ether oxygens (including phenoxy) is 1. The summed E-state index contributed by atoms with van der Waals surface area (Å²) in [6.45, 7) is 5.24. The second-order valence-electron chi connectivity index (χ2n) is 4.77. The van der Waals surface area contributed by atoms with E-state index in [1.165, 1.54) is 6.07 Å². The summed E-state index contributed by atoms with van der Waals surface area (Å²) in [7, 11) is 0. The molecule has 3 nitrogen and oxygen atoms in total. The second-order valence-corrected chi connectivity index (χ2v) is 5.15. The molecule has 0 aliphatic heterocycles. The van der Waals surface area contributed by atoms with Gasteiger partial charge in [0.25, 0.3) is 0 Å². The first kappa shape index (κ1) is 14.5. The predicted molar refractivity (Wildman–Crippen MR) is 65.7 cm³/mol. The van der Waals surface area contributed by atoms with E-state index in [9.17, 15) is 9.18 Å². The van der Waals surface area contributed by atoms with Crippen molar-refractivity contribution in [2.24, 2.45) is 0 Å². The van der Waals surface area contributed by atoms with Gasteiger partial charge in [-0.15, -0.1) is 0 Å². The first-order valence-corrected chi connectivity index (χ1v) is 5.71. The van der Waals surface area contributed by atoms with Gasteiger partial charge in [0.05, 0.1) is 11.4 Å². The van der Waals surface area contributed by atoms with Crippen LogP contribution in [0.3, 0.4) is 0 Å². The van der Waals surface area contributed by atoms with E-state index in [4.69, 9.17) is 21.6 Å². The lowest BCUT2D eigenvalue weighted by Gasteiger charge is -2.19. The van der Waals surface area contributed by atoms with Crippen molar-refractivity contribution >= 4 is 17.6 Å². The number of hydrogen-bond acceptors (Lipinski definition) is 3. The van der Waals surface area contributed by atoms with Gasteiger partial charge in [0.2, 0.25) is 0 Å². The van der Waals surface area contributed by atoms with Gasteiger partial charge in [-0.1, -0.05) is 17.7 Å². The van der Waals surface area contributed by atoms with E-state index in [-0.39, 0.29) is 17.0 Å². The Morgan fingerprint density at radius 3 is 2.61 bits per heavy atom. The lowest BCUT2D eigenvalue weighted by Crippen LogP contribution is -2.25. The Morgan fingerprint density at radius 1 is 1.50 bits per heavy atom. The number of rotatable bonds is 2. The molecule has 0 aliphatic carbocycles. The zero-order valence-corrected chi connectivity index (χ0v) is 11.1. The number of benzene rings is 1. The van der Waals surface area contributed by atoms with E-state index < -0.39 is 17.4 Å². The molecule has 1 rings (SSSR count). The van der Waals surface area contributed by atoms with E-state index in [2.05, 4.69) is 0 Å². The van der Waals surface area contributed by atoms with Crippen LogP contribution in [0.15, 0.2) is 12.1 Å². The van der Waals surface area contributed by atoms with E-state index in [0.29, 0.717) is 5.56 Å². The molecule has 5 heteroatoms. The number of nitrogens with zero attached hydrogens (tertiary/aromatic N) is 1. The molecule has 18 heavy (non-hydrogen) atoms. The Bertz CT molecular complexity index is 515. The minimum atomic E-state index is -0.699. The van der Waals surface area contributed by atoms with Crippen molar-refractivity contribution in [1.82, 2.24) is 0 Å². The summed E-state index contributed by atoms with van der Waals surface area (Å²) >= 11 is 5.86. The molecular weight excluding hydrogens is 257 g/mol. The molecule has 0 unspecified atom stereocenters. The fourth-order valence-electron chi connectivity index (χ4n) is 1.37. The molecule has 96 valence electrons. The van der Waals surface area contributed by atoms with Gasteiger partial charge in [0.1, 0.15) is 23.1 Å². The highest BCUT2D eigenvalue weighted by molar-refractivity contribution is 6.32. The van der Waals surface area contributed by atoms with Gasteiger partial charge >= 0.3 is 5.97 Å². The van der Waals surface area contributed by atoms with Gasteiger partial charge in [-0.3, -0.25) is 4.79 Å². The molecule has 0 N–H and O–H groups in total. The topological polar surface area (TPSA) is 50.1 Å². The van der Waals surface area contributed by atoms with Crippen molar-refractivity contribution in [1.29, 1.82) is 5.26 Å². The zero-order valence-electron chi connectivity index (χ0n) is 10.4. The minimum absolute atomic E-state index is 0.0386. The van der Waals surface area contributed by atoms with Crippen LogP contribution < -0.4 is 0 Å². The molecule has 0 spiro atoms. The Hall–Kier alpha value is -1.60. The Labute approximate surface area is 110 Å². The van der Waals surface area contributed by atoms with E-state index >= 15 is 0 Å². The van der Waals surface area contributed by atoms with Crippen LogP contribution >= 0.6 is 11.6 Å². The van der Waals surface area contributed by atoms with E-state index in [0.717, 1.165) is 6.07 Å². The second kappa shape index (κ2) is 5.36. The maximum absolute atomic E-state index is 13.2. The van der Waals surface area contributed by atoms with Crippen molar-refractivity contribution in [3.63, 3.8) is 0 Å². The average Bonchev–Trinajstić information content (AvgIpc) is 2.20. The van der Waals surface area contributed by atoms with Crippen LogP contribution in [0.4, 0.5) is 4.39 Å². The lowest BCUT2D eigenvalue weighted by molar-refractivity contribution is -0.153. The van der Waals surface area contributed by atoms with Crippen LogP contribution in [0.2, 0.25) is 5.02 Å². The van der Waals surface area contributed by atoms with Crippen LogP contribution in [0, 0.1) is 17.1 Å². The summed E-state index contributed by atoms with van der Waals surface area (Å²) in [4.78, 5) is 11.6. The molecule has 0 saturated carbocycles. The molecule has 0 aliphatic rings. The van der Waals surface area contributed by atoms with Gasteiger partial charge in [-0.2, -0.15) is 5.26 Å². The molecular formula is C13H13ClFNO2. The van der Waals surface area contributed by atoms with Gasteiger partial charge in [-0.05, 0) is 32.4 Å². The molecule has 0 bridgehead atoms.